The smallest absolute Gasteiger partial charge is 0.343 e. The molecular formula is C55H48N2O8. The number of rotatable bonds is 10. The lowest BCUT2D eigenvalue weighted by Crippen LogP contribution is -2.09. The predicted octanol–water partition coefficient (Wildman–Crippen LogP) is 12.1. The summed E-state index contributed by atoms with van der Waals surface area (Å²) >= 11 is 0. The Labute approximate surface area is 379 Å². The molecule has 0 unspecified atom stereocenters. The van der Waals surface area contributed by atoms with Gasteiger partial charge in [0.1, 0.15) is 28.7 Å². The van der Waals surface area contributed by atoms with Crippen LogP contribution in [-0.4, -0.2) is 42.1 Å². The number of benzene rings is 7. The fraction of sp³-hybridized carbons (Fsp3) is 0.109. The van der Waals surface area contributed by atoms with Crippen molar-refractivity contribution < 1.29 is 38.1 Å². The average molecular weight is 865 g/mol. The van der Waals surface area contributed by atoms with Gasteiger partial charge in [-0.3, -0.25) is 0 Å². The Balaban J connectivity index is 0.000000166. The van der Waals surface area contributed by atoms with Crippen LogP contribution in [0.25, 0.3) is 22.5 Å². The molecule has 326 valence electrons. The molecule has 10 heteroatoms. The van der Waals surface area contributed by atoms with Gasteiger partial charge >= 0.3 is 17.9 Å². The molecular weight excluding hydrogens is 817 g/mol. The van der Waals surface area contributed by atoms with E-state index in [-0.39, 0.29) is 5.97 Å². The van der Waals surface area contributed by atoms with Gasteiger partial charge in [0.15, 0.2) is 5.82 Å². The van der Waals surface area contributed by atoms with Crippen molar-refractivity contribution in [3.63, 3.8) is 0 Å². The highest BCUT2D eigenvalue weighted by Gasteiger charge is 2.12. The summed E-state index contributed by atoms with van der Waals surface area (Å²) in [6, 6.07) is 51.1. The van der Waals surface area contributed by atoms with Crippen LogP contribution in [0.1, 0.15) is 53.3 Å². The largest absolute Gasteiger partial charge is 0.497 e. The van der Waals surface area contributed by atoms with Gasteiger partial charge < -0.3 is 23.7 Å². The number of aromatic nitrogens is 2. The zero-order valence-electron chi connectivity index (χ0n) is 37.0. The van der Waals surface area contributed by atoms with E-state index in [0.717, 1.165) is 33.8 Å². The Hall–Kier alpha value is -8.37. The maximum atomic E-state index is 12.1. The minimum absolute atomic E-state index is 0.353. The van der Waals surface area contributed by atoms with Crippen LogP contribution in [0.4, 0.5) is 0 Å². The SMILES string of the molecule is COc1ccc(C(=O)Oc2ccc(OC(=O)c3ccc(C)cc3)cc2)cc1.COc1ccc(OC(=O)c2ccc(C)cc2)cc1.Cc1ccc(-c2ccc(-c3ncc(C)cn3)cc2)cc1. The van der Waals surface area contributed by atoms with Gasteiger partial charge in [-0.25, -0.2) is 24.4 Å². The van der Waals surface area contributed by atoms with Crippen LogP contribution in [0.15, 0.2) is 182 Å². The van der Waals surface area contributed by atoms with Gasteiger partial charge in [0.2, 0.25) is 0 Å². The van der Waals surface area contributed by atoms with Crippen LogP contribution in [0.3, 0.4) is 0 Å². The second-order valence-electron chi connectivity index (χ2n) is 14.8. The van der Waals surface area contributed by atoms with E-state index in [1.165, 1.54) is 16.7 Å². The molecule has 0 spiro atoms. The number of nitrogens with zero attached hydrogens (tertiary/aromatic N) is 2. The third kappa shape index (κ3) is 13.8. The predicted molar refractivity (Wildman–Crippen MR) is 252 cm³/mol. The molecule has 8 aromatic rings. The van der Waals surface area contributed by atoms with Gasteiger partial charge in [-0.2, -0.15) is 0 Å². The number of ether oxygens (including phenoxy) is 5. The van der Waals surface area contributed by atoms with E-state index < -0.39 is 11.9 Å². The first kappa shape index (κ1) is 46.1. The van der Waals surface area contributed by atoms with Gasteiger partial charge in [-0.05, 0) is 141 Å². The molecule has 1 heterocycles. The highest BCUT2D eigenvalue weighted by molar-refractivity contribution is 5.92. The Kier molecular flexibility index (Phi) is 16.1. The Morgan fingerprint density at radius 1 is 0.323 bits per heavy atom. The van der Waals surface area contributed by atoms with E-state index in [9.17, 15) is 14.4 Å². The van der Waals surface area contributed by atoms with E-state index in [4.69, 9.17) is 23.7 Å². The number of methoxy groups -OCH3 is 2. The zero-order chi connectivity index (χ0) is 46.1. The average Bonchev–Trinajstić information content (AvgIpc) is 3.34. The lowest BCUT2D eigenvalue weighted by molar-refractivity contribution is 0.0719. The first-order valence-electron chi connectivity index (χ1n) is 20.6. The van der Waals surface area contributed by atoms with Crippen LogP contribution in [0.2, 0.25) is 0 Å². The molecule has 0 aliphatic heterocycles. The minimum Gasteiger partial charge on any atom is -0.497 e. The van der Waals surface area contributed by atoms with Crippen molar-refractivity contribution in [3.8, 4) is 51.3 Å². The molecule has 65 heavy (non-hydrogen) atoms. The lowest BCUT2D eigenvalue weighted by atomic mass is 10.0. The van der Waals surface area contributed by atoms with Crippen molar-refractivity contribution in [3.05, 3.63) is 221 Å². The fourth-order valence-electron chi connectivity index (χ4n) is 5.92. The summed E-state index contributed by atoms with van der Waals surface area (Å²) in [4.78, 5) is 44.8. The van der Waals surface area contributed by atoms with Gasteiger partial charge in [-0.1, -0.05) is 89.5 Å². The van der Waals surface area contributed by atoms with Crippen LogP contribution in [0, 0.1) is 27.7 Å². The molecule has 7 aromatic carbocycles. The Bertz CT molecular complexity index is 2710. The summed E-state index contributed by atoms with van der Waals surface area (Å²) < 4.78 is 26.0. The van der Waals surface area contributed by atoms with Crippen molar-refractivity contribution >= 4 is 17.9 Å². The molecule has 10 nitrogen and oxygen atoms in total. The van der Waals surface area contributed by atoms with E-state index in [0.29, 0.717) is 39.7 Å². The van der Waals surface area contributed by atoms with Gasteiger partial charge in [0.25, 0.3) is 0 Å². The molecule has 1 aromatic heterocycles. The molecule has 0 saturated carbocycles. The Morgan fingerprint density at radius 3 is 0.923 bits per heavy atom. The number of carbonyl (C=O) groups excluding carboxylic acids is 3. The maximum absolute atomic E-state index is 12.1. The van der Waals surface area contributed by atoms with E-state index >= 15 is 0 Å². The summed E-state index contributed by atoms with van der Waals surface area (Å²) in [5.74, 6) is 2.08. The second kappa shape index (κ2) is 22.6. The molecule has 0 amide bonds. The van der Waals surface area contributed by atoms with Crippen LogP contribution >= 0.6 is 0 Å². The van der Waals surface area contributed by atoms with Crippen molar-refractivity contribution in [2.75, 3.05) is 14.2 Å². The van der Waals surface area contributed by atoms with Gasteiger partial charge in [0, 0.05) is 18.0 Å². The van der Waals surface area contributed by atoms with Crippen LogP contribution in [0.5, 0.6) is 28.7 Å². The standard InChI is InChI=1S/C22H18O5.C18H16N2.C15H14O3/c1-15-3-5-16(6-4-15)21(23)26-19-11-13-20(14-12-19)27-22(24)17-7-9-18(25-2)10-8-17;1-13-3-5-15(6-4-13)16-7-9-17(10-8-16)18-19-11-14(2)12-20-18;1-11-3-5-12(6-4-11)15(16)18-14-9-7-13(17-2)8-10-14/h3-14H,1-2H3;3-12H,1-2H3;3-10H,1-2H3. The van der Waals surface area contributed by atoms with Crippen molar-refractivity contribution in [2.45, 2.75) is 27.7 Å². The first-order chi connectivity index (χ1) is 31.5. The van der Waals surface area contributed by atoms with Crippen molar-refractivity contribution in [2.24, 2.45) is 0 Å². The number of aryl methyl sites for hydroxylation is 4. The first-order valence-corrected chi connectivity index (χ1v) is 20.6. The normalized spacial score (nSPS) is 10.2. The lowest BCUT2D eigenvalue weighted by Gasteiger charge is -2.07. The molecule has 0 N–H and O–H groups in total. The quantitative estimate of drug-likeness (QED) is 0.0969. The number of esters is 3. The summed E-state index contributed by atoms with van der Waals surface area (Å²) in [6.07, 6.45) is 3.69. The minimum atomic E-state index is -0.484. The third-order valence-electron chi connectivity index (χ3n) is 9.72. The molecule has 0 bridgehead atoms. The van der Waals surface area contributed by atoms with Crippen LogP contribution in [-0.2, 0) is 0 Å². The fourth-order valence-corrected chi connectivity index (χ4v) is 5.92. The number of hydrogen-bond donors (Lipinski definition) is 0. The molecule has 0 saturated heterocycles. The number of carbonyl (C=O) groups is 3. The highest BCUT2D eigenvalue weighted by atomic mass is 16.5. The maximum Gasteiger partial charge on any atom is 0.343 e. The third-order valence-corrected chi connectivity index (χ3v) is 9.72. The van der Waals surface area contributed by atoms with Crippen molar-refractivity contribution in [1.82, 2.24) is 9.97 Å². The molecule has 8 rings (SSSR count). The summed E-state index contributed by atoms with van der Waals surface area (Å²) in [5, 5.41) is 0. The Morgan fingerprint density at radius 2 is 0.585 bits per heavy atom. The van der Waals surface area contributed by atoms with E-state index in [1.807, 2.05) is 57.4 Å². The van der Waals surface area contributed by atoms with Crippen LogP contribution < -0.4 is 23.7 Å². The van der Waals surface area contributed by atoms with Gasteiger partial charge in [0.05, 0.1) is 30.9 Å². The highest BCUT2D eigenvalue weighted by Crippen LogP contribution is 2.24. The molecule has 0 aliphatic rings. The second-order valence-corrected chi connectivity index (χ2v) is 14.8. The van der Waals surface area contributed by atoms with Crippen molar-refractivity contribution in [1.29, 1.82) is 0 Å². The van der Waals surface area contributed by atoms with E-state index in [2.05, 4.69) is 65.4 Å². The monoisotopic (exact) mass is 864 g/mol. The summed E-state index contributed by atoms with van der Waals surface area (Å²) in [6.45, 7) is 8.01. The summed E-state index contributed by atoms with van der Waals surface area (Å²) in [5.41, 5.74) is 9.42. The number of hydrogen-bond acceptors (Lipinski definition) is 10. The molecule has 0 radical (unpaired) electrons. The molecule has 0 aliphatic carbocycles. The summed E-state index contributed by atoms with van der Waals surface area (Å²) in [7, 11) is 3.15. The molecule has 0 atom stereocenters. The van der Waals surface area contributed by atoms with Gasteiger partial charge in [-0.15, -0.1) is 0 Å². The van der Waals surface area contributed by atoms with E-state index in [1.54, 1.807) is 111 Å². The zero-order valence-corrected chi connectivity index (χ0v) is 37.0. The molecule has 0 fully saturated rings. The topological polar surface area (TPSA) is 123 Å².